The molecule has 4 nitrogen and oxygen atoms in total. The maximum atomic E-state index is 8.53. The van der Waals surface area contributed by atoms with E-state index < -0.39 is 0 Å². The van der Waals surface area contributed by atoms with Crippen LogP contribution < -0.4 is 15.2 Å². The van der Waals surface area contributed by atoms with Gasteiger partial charge >= 0.3 is 0 Å². The lowest BCUT2D eigenvalue weighted by atomic mass is 10.1. The van der Waals surface area contributed by atoms with Gasteiger partial charge in [-0.3, -0.25) is 0 Å². The number of benzene rings is 1. The molecule has 1 aromatic carbocycles. The van der Waals surface area contributed by atoms with Gasteiger partial charge in [-0.05, 0) is 31.0 Å². The highest BCUT2D eigenvalue weighted by molar-refractivity contribution is 5.41. The van der Waals surface area contributed by atoms with Crippen molar-refractivity contribution in [2.45, 2.75) is 19.8 Å². The minimum Gasteiger partial charge on any atom is -0.493 e. The van der Waals surface area contributed by atoms with Gasteiger partial charge in [0.05, 0.1) is 6.61 Å². The monoisotopic (exact) mass is 234 g/mol. The Balaban J connectivity index is 2.81. The Bertz CT molecular complexity index is 385. The summed E-state index contributed by atoms with van der Waals surface area (Å²) >= 11 is 0. The van der Waals surface area contributed by atoms with Gasteiger partial charge in [0.25, 0.3) is 0 Å². The summed E-state index contributed by atoms with van der Waals surface area (Å²) in [6, 6.07) is 7.61. The largest absolute Gasteiger partial charge is 0.493 e. The minimum atomic E-state index is 0.0365. The molecular weight excluding hydrogens is 216 g/mol. The number of nitriles is 1. The van der Waals surface area contributed by atoms with Gasteiger partial charge < -0.3 is 15.2 Å². The van der Waals surface area contributed by atoms with Crippen molar-refractivity contribution in [1.82, 2.24) is 0 Å². The molecule has 4 heteroatoms. The fourth-order valence-corrected chi connectivity index (χ4v) is 1.45. The molecule has 0 bridgehead atoms. The molecule has 0 spiro atoms. The van der Waals surface area contributed by atoms with Crippen LogP contribution >= 0.6 is 0 Å². The molecule has 92 valence electrons. The molecule has 0 unspecified atom stereocenters. The van der Waals surface area contributed by atoms with E-state index in [0.29, 0.717) is 18.9 Å². The maximum absolute atomic E-state index is 8.53. The van der Waals surface area contributed by atoms with Crippen molar-refractivity contribution in [3.63, 3.8) is 0 Å². The highest BCUT2D eigenvalue weighted by atomic mass is 16.5. The van der Waals surface area contributed by atoms with Crippen LogP contribution in [-0.4, -0.2) is 19.8 Å². The van der Waals surface area contributed by atoms with Crippen LogP contribution in [0.4, 0.5) is 0 Å². The highest BCUT2D eigenvalue weighted by Crippen LogP contribution is 2.25. The molecule has 0 aliphatic heterocycles. The van der Waals surface area contributed by atoms with Gasteiger partial charge in [-0.15, -0.1) is 0 Å². The van der Waals surface area contributed by atoms with Crippen molar-refractivity contribution in [3.8, 4) is 17.6 Å². The van der Waals surface area contributed by atoms with Crippen LogP contribution in [-0.2, 0) is 6.42 Å². The van der Waals surface area contributed by atoms with Crippen molar-refractivity contribution in [2.75, 3.05) is 19.8 Å². The van der Waals surface area contributed by atoms with E-state index in [1.165, 1.54) is 0 Å². The van der Waals surface area contributed by atoms with Crippen LogP contribution in [0.5, 0.6) is 11.5 Å². The molecule has 0 fully saturated rings. The molecule has 2 N–H and O–H groups in total. The van der Waals surface area contributed by atoms with E-state index in [-0.39, 0.29) is 6.61 Å². The van der Waals surface area contributed by atoms with Gasteiger partial charge in [-0.2, -0.15) is 5.26 Å². The summed E-state index contributed by atoms with van der Waals surface area (Å²) < 4.78 is 10.9. The van der Waals surface area contributed by atoms with Crippen LogP contribution in [0.25, 0.3) is 0 Å². The molecule has 0 aliphatic rings. The molecule has 0 aliphatic carbocycles. The van der Waals surface area contributed by atoms with E-state index in [2.05, 4.69) is 6.92 Å². The molecule has 0 radical (unpaired) electrons. The molecule has 0 atom stereocenters. The van der Waals surface area contributed by atoms with Gasteiger partial charge in [0, 0.05) is 6.07 Å². The fraction of sp³-hybridized carbons (Fsp3) is 0.462. The number of nitrogens with zero attached hydrogens (tertiary/aromatic N) is 1. The Morgan fingerprint density at radius 1 is 1.35 bits per heavy atom. The smallest absolute Gasteiger partial charge is 0.174 e. The number of rotatable bonds is 7. The Morgan fingerprint density at radius 2 is 2.18 bits per heavy atom. The first kappa shape index (κ1) is 13.3. The second-order valence-electron chi connectivity index (χ2n) is 3.60. The lowest BCUT2D eigenvalue weighted by molar-refractivity contribution is 0.312. The lowest BCUT2D eigenvalue weighted by Crippen LogP contribution is -2.06. The predicted molar refractivity (Wildman–Crippen MR) is 66.1 cm³/mol. The van der Waals surface area contributed by atoms with Gasteiger partial charge in [0.1, 0.15) is 17.6 Å². The zero-order valence-corrected chi connectivity index (χ0v) is 10.1. The zero-order chi connectivity index (χ0) is 12.5. The average Bonchev–Trinajstić information content (AvgIpc) is 2.36. The molecule has 0 saturated carbocycles. The Hall–Kier alpha value is -1.73. The summed E-state index contributed by atoms with van der Waals surface area (Å²) in [4.78, 5) is 0. The third-order valence-electron chi connectivity index (χ3n) is 2.22. The normalized spacial score (nSPS) is 9.71. The van der Waals surface area contributed by atoms with Crippen molar-refractivity contribution >= 4 is 0 Å². The quantitative estimate of drug-likeness (QED) is 0.782. The van der Waals surface area contributed by atoms with Crippen molar-refractivity contribution in [1.29, 1.82) is 5.26 Å². The first-order chi connectivity index (χ1) is 8.31. The van der Waals surface area contributed by atoms with E-state index in [9.17, 15) is 0 Å². The molecular formula is C13H18N2O2. The summed E-state index contributed by atoms with van der Waals surface area (Å²) in [5.74, 6) is 1.45. The van der Waals surface area contributed by atoms with E-state index in [0.717, 1.165) is 24.2 Å². The van der Waals surface area contributed by atoms with Gasteiger partial charge in [-0.25, -0.2) is 0 Å². The Kier molecular flexibility index (Phi) is 5.91. The van der Waals surface area contributed by atoms with Crippen LogP contribution in [0.3, 0.4) is 0 Å². The summed E-state index contributed by atoms with van der Waals surface area (Å²) in [5, 5.41) is 8.53. The third-order valence-corrected chi connectivity index (χ3v) is 2.22. The molecule has 0 heterocycles. The van der Waals surface area contributed by atoms with Crippen LogP contribution in [0, 0.1) is 11.3 Å². The highest BCUT2D eigenvalue weighted by Gasteiger charge is 2.05. The number of nitrogens with two attached hydrogens (primary N) is 1. The number of hydrogen-bond acceptors (Lipinski definition) is 4. The summed E-state index contributed by atoms with van der Waals surface area (Å²) in [5.41, 5.74) is 6.53. The SMILES string of the molecule is CCCOc1ccc(CCN)c(OCC#N)c1. The predicted octanol–water partition coefficient (Wildman–Crippen LogP) is 1.88. The second-order valence-corrected chi connectivity index (χ2v) is 3.60. The van der Waals surface area contributed by atoms with Crippen LogP contribution in [0.2, 0.25) is 0 Å². The first-order valence-electron chi connectivity index (χ1n) is 5.77. The van der Waals surface area contributed by atoms with E-state index in [4.69, 9.17) is 20.5 Å². The van der Waals surface area contributed by atoms with Crippen LogP contribution in [0.1, 0.15) is 18.9 Å². The van der Waals surface area contributed by atoms with Crippen molar-refractivity contribution in [2.24, 2.45) is 5.73 Å². The van der Waals surface area contributed by atoms with Gasteiger partial charge in [0.2, 0.25) is 0 Å². The Morgan fingerprint density at radius 3 is 2.82 bits per heavy atom. The van der Waals surface area contributed by atoms with Crippen LogP contribution in [0.15, 0.2) is 18.2 Å². The topological polar surface area (TPSA) is 68.3 Å². The molecule has 1 aromatic rings. The Labute approximate surface area is 102 Å². The fourth-order valence-electron chi connectivity index (χ4n) is 1.45. The van der Waals surface area contributed by atoms with E-state index in [1.807, 2.05) is 24.3 Å². The second kappa shape index (κ2) is 7.53. The lowest BCUT2D eigenvalue weighted by Gasteiger charge is -2.11. The molecule has 0 amide bonds. The molecule has 0 aromatic heterocycles. The summed E-state index contributed by atoms with van der Waals surface area (Å²) in [6.07, 6.45) is 1.69. The van der Waals surface area contributed by atoms with E-state index >= 15 is 0 Å². The van der Waals surface area contributed by atoms with Crippen molar-refractivity contribution < 1.29 is 9.47 Å². The zero-order valence-electron chi connectivity index (χ0n) is 10.1. The summed E-state index contributed by atoms with van der Waals surface area (Å²) in [6.45, 7) is 3.32. The van der Waals surface area contributed by atoms with Gasteiger partial charge in [-0.1, -0.05) is 13.0 Å². The number of ether oxygens (including phenoxy) is 2. The van der Waals surface area contributed by atoms with E-state index in [1.54, 1.807) is 0 Å². The molecule has 17 heavy (non-hydrogen) atoms. The minimum absolute atomic E-state index is 0.0365. The number of hydrogen-bond donors (Lipinski definition) is 1. The standard InChI is InChI=1S/C13H18N2O2/c1-2-8-16-12-4-3-11(5-6-14)13(10-12)17-9-7-15/h3-4,10H,2,5-6,8-9,14H2,1H3. The van der Waals surface area contributed by atoms with Crippen molar-refractivity contribution in [3.05, 3.63) is 23.8 Å². The third kappa shape index (κ3) is 4.33. The molecule has 1 rings (SSSR count). The first-order valence-corrected chi connectivity index (χ1v) is 5.77. The van der Waals surface area contributed by atoms with Gasteiger partial charge in [0.15, 0.2) is 6.61 Å². The maximum Gasteiger partial charge on any atom is 0.174 e. The summed E-state index contributed by atoms with van der Waals surface area (Å²) in [7, 11) is 0. The molecule has 0 saturated heterocycles. The average molecular weight is 234 g/mol.